The molecule has 0 atom stereocenters. The summed E-state index contributed by atoms with van der Waals surface area (Å²) in [6.07, 6.45) is -2.91. The Morgan fingerprint density at radius 1 is 1.12 bits per heavy atom. The minimum absolute atomic E-state index is 0.176. The van der Waals surface area contributed by atoms with E-state index in [1.165, 1.54) is 0 Å². The fourth-order valence-electron chi connectivity index (χ4n) is 2.60. The SMILES string of the molecule is O=C(NCc1ccc(Br)c(Cn2ccc3ccccc32)c1)C(F)(F)F. The molecule has 0 fully saturated rings. The van der Waals surface area contributed by atoms with Crippen LogP contribution >= 0.6 is 15.9 Å². The molecule has 1 aromatic heterocycles. The van der Waals surface area contributed by atoms with Gasteiger partial charge in [0.15, 0.2) is 0 Å². The fourth-order valence-corrected chi connectivity index (χ4v) is 2.98. The smallest absolute Gasteiger partial charge is 0.344 e. The molecule has 0 aliphatic carbocycles. The van der Waals surface area contributed by atoms with Crippen LogP contribution < -0.4 is 5.32 Å². The number of carbonyl (C=O) groups excluding carboxylic acids is 1. The van der Waals surface area contributed by atoms with Gasteiger partial charge >= 0.3 is 12.1 Å². The number of fused-ring (bicyclic) bond motifs is 1. The van der Waals surface area contributed by atoms with Crippen LogP contribution in [0.25, 0.3) is 10.9 Å². The quantitative estimate of drug-likeness (QED) is 0.668. The summed E-state index contributed by atoms with van der Waals surface area (Å²) in [5.74, 6) is -1.94. The molecule has 25 heavy (non-hydrogen) atoms. The zero-order valence-corrected chi connectivity index (χ0v) is 14.6. The van der Waals surface area contributed by atoms with E-state index < -0.39 is 12.1 Å². The third-order valence-corrected chi connectivity index (χ3v) is 4.62. The van der Waals surface area contributed by atoms with Gasteiger partial charge in [-0.05, 0) is 34.7 Å². The highest BCUT2D eigenvalue weighted by atomic mass is 79.9. The Morgan fingerprint density at radius 3 is 2.64 bits per heavy atom. The number of hydrogen-bond acceptors (Lipinski definition) is 1. The van der Waals surface area contributed by atoms with E-state index in [1.54, 1.807) is 18.2 Å². The Balaban J connectivity index is 1.79. The number of carbonyl (C=O) groups is 1. The van der Waals surface area contributed by atoms with E-state index in [2.05, 4.69) is 20.5 Å². The number of amides is 1. The van der Waals surface area contributed by atoms with Crippen molar-refractivity contribution in [1.82, 2.24) is 9.88 Å². The van der Waals surface area contributed by atoms with E-state index in [1.807, 2.05) is 41.8 Å². The highest BCUT2D eigenvalue weighted by Gasteiger charge is 2.38. The highest BCUT2D eigenvalue weighted by Crippen LogP contribution is 2.23. The first-order valence-electron chi connectivity index (χ1n) is 7.51. The molecular formula is C18H14BrF3N2O. The first-order chi connectivity index (χ1) is 11.8. The zero-order chi connectivity index (χ0) is 18.0. The molecule has 0 spiro atoms. The molecule has 1 amide bonds. The lowest BCUT2D eigenvalue weighted by Crippen LogP contribution is -2.36. The van der Waals surface area contributed by atoms with Crippen molar-refractivity contribution in [2.75, 3.05) is 0 Å². The van der Waals surface area contributed by atoms with Gasteiger partial charge in [0, 0.05) is 29.3 Å². The maximum absolute atomic E-state index is 12.3. The molecule has 3 aromatic rings. The van der Waals surface area contributed by atoms with Crippen molar-refractivity contribution in [3.05, 3.63) is 70.3 Å². The van der Waals surface area contributed by atoms with Gasteiger partial charge in [-0.1, -0.05) is 46.3 Å². The molecule has 130 valence electrons. The van der Waals surface area contributed by atoms with Crippen LogP contribution in [0.5, 0.6) is 0 Å². The molecule has 0 saturated carbocycles. The number of nitrogens with zero attached hydrogens (tertiary/aromatic N) is 1. The molecule has 2 aromatic carbocycles. The van der Waals surface area contributed by atoms with E-state index >= 15 is 0 Å². The van der Waals surface area contributed by atoms with Crippen molar-refractivity contribution >= 4 is 32.7 Å². The summed E-state index contributed by atoms with van der Waals surface area (Å²) in [5, 5.41) is 3.01. The Bertz CT molecular complexity index is 918. The van der Waals surface area contributed by atoms with Gasteiger partial charge in [-0.3, -0.25) is 4.79 Å². The number of benzene rings is 2. The van der Waals surface area contributed by atoms with E-state index in [0.717, 1.165) is 20.9 Å². The summed E-state index contributed by atoms with van der Waals surface area (Å²) < 4.78 is 39.7. The Morgan fingerprint density at radius 2 is 1.88 bits per heavy atom. The first-order valence-corrected chi connectivity index (χ1v) is 8.30. The van der Waals surface area contributed by atoms with Crippen molar-refractivity contribution in [3.8, 4) is 0 Å². The lowest BCUT2D eigenvalue weighted by atomic mass is 10.1. The number of nitrogens with one attached hydrogen (secondary N) is 1. The maximum Gasteiger partial charge on any atom is 0.471 e. The predicted molar refractivity (Wildman–Crippen MR) is 93.1 cm³/mol. The lowest BCUT2D eigenvalue weighted by molar-refractivity contribution is -0.173. The van der Waals surface area contributed by atoms with Crippen molar-refractivity contribution in [2.24, 2.45) is 0 Å². The Kier molecular flexibility index (Phi) is 4.85. The van der Waals surface area contributed by atoms with Gasteiger partial charge in [-0.15, -0.1) is 0 Å². The maximum atomic E-state index is 12.3. The van der Waals surface area contributed by atoms with Crippen LogP contribution in [0, 0.1) is 0 Å². The predicted octanol–water partition coefficient (Wildman–Crippen LogP) is 4.63. The molecule has 1 N–H and O–H groups in total. The normalized spacial score (nSPS) is 11.7. The standard InChI is InChI=1S/C18H14BrF3N2O/c19-15-6-5-12(10-23-17(25)18(20,21)22)9-14(15)11-24-8-7-13-3-1-2-4-16(13)24/h1-9H,10-11H2,(H,23,25). The Labute approximate surface area is 150 Å². The van der Waals surface area contributed by atoms with Crippen molar-refractivity contribution in [1.29, 1.82) is 0 Å². The first kappa shape index (κ1) is 17.5. The summed E-state index contributed by atoms with van der Waals surface area (Å²) in [5.41, 5.74) is 2.59. The van der Waals surface area contributed by atoms with E-state index in [0.29, 0.717) is 12.1 Å². The summed E-state index contributed by atoms with van der Waals surface area (Å²) >= 11 is 3.47. The van der Waals surface area contributed by atoms with Crippen LogP contribution in [-0.4, -0.2) is 16.7 Å². The third-order valence-electron chi connectivity index (χ3n) is 3.84. The molecule has 0 bridgehead atoms. The van der Waals surface area contributed by atoms with Gasteiger partial charge in [-0.2, -0.15) is 13.2 Å². The van der Waals surface area contributed by atoms with Gasteiger partial charge in [0.05, 0.1) is 0 Å². The summed E-state index contributed by atoms with van der Waals surface area (Å²) in [7, 11) is 0. The second-order valence-corrected chi connectivity index (χ2v) is 6.46. The number of rotatable bonds is 4. The minimum Gasteiger partial charge on any atom is -0.344 e. The van der Waals surface area contributed by atoms with Crippen LogP contribution in [0.2, 0.25) is 0 Å². The summed E-state index contributed by atoms with van der Waals surface area (Å²) in [4.78, 5) is 10.9. The molecule has 0 unspecified atom stereocenters. The van der Waals surface area contributed by atoms with Crippen LogP contribution in [0.1, 0.15) is 11.1 Å². The Hall–Kier alpha value is -2.28. The van der Waals surface area contributed by atoms with Crippen LogP contribution in [0.15, 0.2) is 59.2 Å². The minimum atomic E-state index is -4.87. The number of alkyl halides is 3. The van der Waals surface area contributed by atoms with Gasteiger partial charge in [0.25, 0.3) is 0 Å². The van der Waals surface area contributed by atoms with Gasteiger partial charge in [0.2, 0.25) is 0 Å². The van der Waals surface area contributed by atoms with Gasteiger partial charge in [0.1, 0.15) is 0 Å². The van der Waals surface area contributed by atoms with Gasteiger partial charge in [-0.25, -0.2) is 0 Å². The van der Waals surface area contributed by atoms with Crippen molar-refractivity contribution in [3.63, 3.8) is 0 Å². The molecule has 1 heterocycles. The van der Waals surface area contributed by atoms with Crippen LogP contribution in [-0.2, 0) is 17.9 Å². The number of halogens is 4. The number of para-hydroxylation sites is 1. The lowest BCUT2D eigenvalue weighted by Gasteiger charge is -2.12. The average Bonchev–Trinajstić information content (AvgIpc) is 2.97. The number of aromatic nitrogens is 1. The van der Waals surface area contributed by atoms with E-state index in [-0.39, 0.29) is 6.54 Å². The molecular weight excluding hydrogens is 397 g/mol. The third kappa shape index (κ3) is 4.04. The molecule has 0 radical (unpaired) electrons. The van der Waals surface area contributed by atoms with Gasteiger partial charge < -0.3 is 9.88 Å². The fraction of sp³-hybridized carbons (Fsp3) is 0.167. The molecule has 3 rings (SSSR count). The molecule has 0 aliphatic rings. The largest absolute Gasteiger partial charge is 0.471 e. The molecule has 0 saturated heterocycles. The van der Waals surface area contributed by atoms with E-state index in [4.69, 9.17) is 0 Å². The monoisotopic (exact) mass is 410 g/mol. The number of hydrogen-bond donors (Lipinski definition) is 1. The summed E-state index contributed by atoms with van der Waals surface area (Å²) in [6.45, 7) is 0.389. The van der Waals surface area contributed by atoms with Crippen molar-refractivity contribution in [2.45, 2.75) is 19.3 Å². The molecule has 0 aliphatic heterocycles. The molecule has 7 heteroatoms. The van der Waals surface area contributed by atoms with E-state index in [9.17, 15) is 18.0 Å². The topological polar surface area (TPSA) is 34.0 Å². The second-order valence-electron chi connectivity index (χ2n) is 5.61. The van der Waals surface area contributed by atoms with Crippen LogP contribution in [0.4, 0.5) is 13.2 Å². The summed E-state index contributed by atoms with van der Waals surface area (Å²) in [6, 6.07) is 15.2. The van der Waals surface area contributed by atoms with Crippen LogP contribution in [0.3, 0.4) is 0 Å². The average molecular weight is 411 g/mol. The second kappa shape index (κ2) is 6.92. The zero-order valence-electron chi connectivity index (χ0n) is 13.0. The highest BCUT2D eigenvalue weighted by molar-refractivity contribution is 9.10. The van der Waals surface area contributed by atoms with Crippen molar-refractivity contribution < 1.29 is 18.0 Å². The molecule has 3 nitrogen and oxygen atoms in total.